The van der Waals surface area contributed by atoms with Crippen molar-refractivity contribution >= 4 is 32.9 Å². The molecule has 132 valence electrons. The normalized spacial score (nSPS) is 11.6. The maximum Gasteiger partial charge on any atom is 0.362 e. The Kier molecular flexibility index (Phi) is 3.41. The molecule has 0 spiro atoms. The number of nitrogens with zero attached hydrogens (tertiary/aromatic N) is 2. The largest absolute Gasteiger partial charge is 0.402 e. The molecule has 0 unspecified atom stereocenters. The Labute approximate surface area is 155 Å². The highest BCUT2D eigenvalue weighted by molar-refractivity contribution is 6.18. The molecule has 0 aliphatic rings. The summed E-state index contributed by atoms with van der Waals surface area (Å²) in [5.41, 5.74) is 5.20. The zero-order valence-corrected chi connectivity index (χ0v) is 15.2. The van der Waals surface area contributed by atoms with Crippen molar-refractivity contribution in [2.75, 3.05) is 0 Å². The van der Waals surface area contributed by atoms with Crippen molar-refractivity contribution < 1.29 is 4.42 Å². The van der Waals surface area contributed by atoms with E-state index in [1.807, 2.05) is 24.3 Å². The van der Waals surface area contributed by atoms with Gasteiger partial charge in [-0.25, -0.2) is 9.78 Å². The Morgan fingerprint density at radius 1 is 1.00 bits per heavy atom. The molecule has 3 heterocycles. The molecule has 0 saturated carbocycles. The first-order chi connectivity index (χ1) is 13.1. The van der Waals surface area contributed by atoms with E-state index in [0.717, 1.165) is 27.2 Å². The Morgan fingerprint density at radius 2 is 1.85 bits per heavy atom. The zero-order chi connectivity index (χ0) is 18.5. The van der Waals surface area contributed by atoms with Crippen LogP contribution < -0.4 is 5.63 Å². The number of rotatable bonds is 2. The highest BCUT2D eigenvalue weighted by Gasteiger charge is 2.19. The molecule has 0 N–H and O–H groups in total. The molecule has 0 amide bonds. The Morgan fingerprint density at radius 3 is 2.70 bits per heavy atom. The van der Waals surface area contributed by atoms with Crippen molar-refractivity contribution in [2.24, 2.45) is 0 Å². The summed E-state index contributed by atoms with van der Waals surface area (Å²) >= 11 is 0. The van der Waals surface area contributed by atoms with Gasteiger partial charge in [-0.15, -0.1) is 0 Å². The molecular weight excluding hydrogens is 336 g/mol. The minimum absolute atomic E-state index is 0.348. The summed E-state index contributed by atoms with van der Waals surface area (Å²) in [4.78, 5) is 17.2. The number of benzene rings is 2. The lowest BCUT2D eigenvalue weighted by Gasteiger charge is -2.09. The summed E-state index contributed by atoms with van der Waals surface area (Å²) in [6.45, 7) is 4.78. The first kappa shape index (κ1) is 15.8. The van der Waals surface area contributed by atoms with Crippen molar-refractivity contribution in [2.45, 2.75) is 20.4 Å². The third-order valence-corrected chi connectivity index (χ3v) is 5.23. The van der Waals surface area contributed by atoms with Crippen molar-refractivity contribution in [3.05, 3.63) is 87.9 Å². The van der Waals surface area contributed by atoms with Gasteiger partial charge in [0.2, 0.25) is 5.71 Å². The maximum atomic E-state index is 12.9. The quantitative estimate of drug-likeness (QED) is 0.450. The molecule has 0 aliphatic carbocycles. The van der Waals surface area contributed by atoms with Gasteiger partial charge in [-0.1, -0.05) is 35.9 Å². The number of hydrogen-bond donors (Lipinski definition) is 0. The number of aryl methyl sites for hydroxylation is 2. The highest BCUT2D eigenvalue weighted by Crippen LogP contribution is 2.33. The minimum Gasteiger partial charge on any atom is -0.402 e. The van der Waals surface area contributed by atoms with Crippen molar-refractivity contribution in [1.29, 1.82) is 0 Å². The second-order valence-electron chi connectivity index (χ2n) is 7.00. The number of aromatic nitrogens is 2. The number of pyridine rings is 1. The molecule has 5 aromatic rings. The average Bonchev–Trinajstić information content (AvgIpc) is 2.98. The zero-order valence-electron chi connectivity index (χ0n) is 15.2. The van der Waals surface area contributed by atoms with Crippen LogP contribution in [0.5, 0.6) is 0 Å². The van der Waals surface area contributed by atoms with Crippen LogP contribution in [0, 0.1) is 13.8 Å². The van der Waals surface area contributed by atoms with E-state index < -0.39 is 0 Å². The molecule has 2 aromatic carbocycles. The molecule has 0 fully saturated rings. The number of fused-ring (bicyclic) bond motifs is 5. The van der Waals surface area contributed by atoms with Crippen molar-refractivity contribution in [3.63, 3.8) is 0 Å². The van der Waals surface area contributed by atoms with Gasteiger partial charge < -0.3 is 8.98 Å². The second kappa shape index (κ2) is 5.81. The van der Waals surface area contributed by atoms with Crippen LogP contribution >= 0.6 is 0 Å². The predicted molar refractivity (Wildman–Crippen MR) is 108 cm³/mol. The van der Waals surface area contributed by atoms with Crippen LogP contribution in [-0.2, 0) is 6.54 Å². The Bertz CT molecular complexity index is 1390. The Balaban J connectivity index is 1.96. The lowest BCUT2D eigenvalue weighted by Crippen LogP contribution is -2.09. The standard InChI is InChI=1S/C23H18N2O2/c1-14-9-10-19-18(12-14)20-17-8-5-11-24-22(17)27-23(26)21(20)25(19)13-16-7-4-3-6-15(16)2/h3-12H,13H2,1-2H3. The molecule has 4 nitrogen and oxygen atoms in total. The van der Waals surface area contributed by atoms with Crippen LogP contribution in [0.4, 0.5) is 0 Å². The van der Waals surface area contributed by atoms with Gasteiger partial charge in [0.25, 0.3) is 0 Å². The van der Waals surface area contributed by atoms with Crippen LogP contribution in [0.15, 0.2) is 70.0 Å². The van der Waals surface area contributed by atoms with Gasteiger partial charge in [0.1, 0.15) is 5.52 Å². The molecule has 0 aliphatic heterocycles. The van der Waals surface area contributed by atoms with Crippen molar-refractivity contribution in [3.8, 4) is 0 Å². The maximum absolute atomic E-state index is 12.9. The fraction of sp³-hybridized carbons (Fsp3) is 0.130. The monoisotopic (exact) mass is 354 g/mol. The first-order valence-corrected chi connectivity index (χ1v) is 8.98. The first-order valence-electron chi connectivity index (χ1n) is 8.98. The van der Waals surface area contributed by atoms with Gasteiger partial charge in [-0.3, -0.25) is 0 Å². The van der Waals surface area contributed by atoms with Gasteiger partial charge in [0.15, 0.2) is 0 Å². The summed E-state index contributed by atoms with van der Waals surface area (Å²) in [6, 6.07) is 18.4. The van der Waals surface area contributed by atoms with Gasteiger partial charge in [-0.2, -0.15) is 0 Å². The molecule has 4 heteroatoms. The molecule has 3 aromatic heterocycles. The van der Waals surface area contributed by atoms with Crippen LogP contribution in [0.1, 0.15) is 16.7 Å². The predicted octanol–water partition coefficient (Wildman–Crippen LogP) is 4.96. The molecule has 0 saturated heterocycles. The average molecular weight is 354 g/mol. The molecule has 0 radical (unpaired) electrons. The molecule has 0 atom stereocenters. The number of hydrogen-bond acceptors (Lipinski definition) is 3. The fourth-order valence-electron chi connectivity index (χ4n) is 3.87. The molecular formula is C23H18N2O2. The van der Waals surface area contributed by atoms with Crippen LogP contribution in [0.2, 0.25) is 0 Å². The summed E-state index contributed by atoms with van der Waals surface area (Å²) in [5.74, 6) is 0. The minimum atomic E-state index is -0.348. The van der Waals surface area contributed by atoms with E-state index >= 15 is 0 Å². The van der Waals surface area contributed by atoms with Gasteiger partial charge in [0, 0.05) is 34.4 Å². The van der Waals surface area contributed by atoms with Gasteiger partial charge in [0.05, 0.1) is 0 Å². The SMILES string of the molecule is Cc1ccc2c(c1)c1c3cccnc3oc(=O)c1n2Cc1ccccc1C. The van der Waals surface area contributed by atoms with E-state index in [2.05, 4.69) is 53.7 Å². The fourth-order valence-corrected chi connectivity index (χ4v) is 3.87. The van der Waals surface area contributed by atoms with E-state index in [-0.39, 0.29) is 5.63 Å². The van der Waals surface area contributed by atoms with Crippen molar-refractivity contribution in [1.82, 2.24) is 9.55 Å². The van der Waals surface area contributed by atoms with Gasteiger partial charge >= 0.3 is 5.63 Å². The highest BCUT2D eigenvalue weighted by atomic mass is 16.4. The smallest absolute Gasteiger partial charge is 0.362 e. The van der Waals surface area contributed by atoms with Gasteiger partial charge in [-0.05, 0) is 49.2 Å². The third kappa shape index (κ3) is 2.37. The summed E-state index contributed by atoms with van der Waals surface area (Å²) in [5, 5.41) is 2.84. The van der Waals surface area contributed by atoms with Crippen LogP contribution in [-0.4, -0.2) is 9.55 Å². The molecule has 0 bridgehead atoms. The third-order valence-electron chi connectivity index (χ3n) is 5.23. The molecule has 27 heavy (non-hydrogen) atoms. The van der Waals surface area contributed by atoms with Crippen LogP contribution in [0.25, 0.3) is 32.9 Å². The van der Waals surface area contributed by atoms with E-state index in [0.29, 0.717) is 17.8 Å². The van der Waals surface area contributed by atoms with E-state index in [4.69, 9.17) is 4.42 Å². The summed E-state index contributed by atoms with van der Waals surface area (Å²) in [7, 11) is 0. The lowest BCUT2D eigenvalue weighted by molar-refractivity contribution is 0.553. The Hall–Kier alpha value is -3.40. The molecule has 5 rings (SSSR count). The lowest BCUT2D eigenvalue weighted by atomic mass is 10.1. The second-order valence-corrected chi connectivity index (χ2v) is 7.00. The van der Waals surface area contributed by atoms with E-state index in [9.17, 15) is 4.79 Å². The summed E-state index contributed by atoms with van der Waals surface area (Å²) in [6.07, 6.45) is 1.65. The van der Waals surface area contributed by atoms with E-state index in [1.165, 1.54) is 11.1 Å². The van der Waals surface area contributed by atoms with Crippen LogP contribution in [0.3, 0.4) is 0 Å². The topological polar surface area (TPSA) is 48.0 Å². The van der Waals surface area contributed by atoms with E-state index in [1.54, 1.807) is 6.20 Å². The summed E-state index contributed by atoms with van der Waals surface area (Å²) < 4.78 is 7.63.